The number of rotatable bonds is 6. The zero-order valence-corrected chi connectivity index (χ0v) is 16.8. The molecule has 0 radical (unpaired) electrons. The van der Waals surface area contributed by atoms with E-state index in [1.165, 1.54) is 25.3 Å². The highest BCUT2D eigenvalue weighted by atomic mass is 79.9. The van der Waals surface area contributed by atoms with Crippen molar-refractivity contribution in [1.29, 1.82) is 0 Å². The Morgan fingerprint density at radius 2 is 2.12 bits per heavy atom. The molecular formula is C17H18BrNO6S. The van der Waals surface area contributed by atoms with Crippen LogP contribution < -0.4 is 4.74 Å². The lowest BCUT2D eigenvalue weighted by atomic mass is 10.2. The number of phenolic OH excluding ortho intramolecular Hbond substituents is 1. The molecule has 1 aliphatic heterocycles. The topological polar surface area (TPSA) is 93.1 Å². The number of halogens is 1. The first-order valence-corrected chi connectivity index (χ1v) is 9.39. The smallest absolute Gasteiger partial charge is 0.326 e. The van der Waals surface area contributed by atoms with Crippen molar-refractivity contribution in [3.8, 4) is 11.5 Å². The number of ether oxygens (including phenoxy) is 2. The van der Waals surface area contributed by atoms with Gasteiger partial charge in [0.1, 0.15) is 6.54 Å². The van der Waals surface area contributed by atoms with E-state index in [1.807, 2.05) is 6.92 Å². The molecule has 26 heavy (non-hydrogen) atoms. The van der Waals surface area contributed by atoms with E-state index in [9.17, 15) is 19.5 Å². The van der Waals surface area contributed by atoms with Gasteiger partial charge >= 0.3 is 5.97 Å². The number of phenols is 1. The van der Waals surface area contributed by atoms with E-state index in [0.717, 1.165) is 16.7 Å². The highest BCUT2D eigenvalue weighted by Crippen LogP contribution is 2.37. The number of hydrogen-bond acceptors (Lipinski definition) is 7. The molecule has 9 heteroatoms. The summed E-state index contributed by atoms with van der Waals surface area (Å²) in [6, 6.07) is 2.96. The number of esters is 1. The van der Waals surface area contributed by atoms with Gasteiger partial charge in [0, 0.05) is 4.47 Å². The molecule has 2 rings (SSSR count). The Morgan fingerprint density at radius 1 is 1.42 bits per heavy atom. The predicted octanol–water partition coefficient (Wildman–Crippen LogP) is 3.54. The maximum atomic E-state index is 12.5. The fourth-order valence-corrected chi connectivity index (χ4v) is 3.36. The third-order valence-electron chi connectivity index (χ3n) is 3.65. The summed E-state index contributed by atoms with van der Waals surface area (Å²) in [5.41, 5.74) is 0.548. The Hall–Kier alpha value is -2.00. The van der Waals surface area contributed by atoms with E-state index in [4.69, 9.17) is 9.47 Å². The maximum Gasteiger partial charge on any atom is 0.326 e. The molecule has 0 aliphatic carbocycles. The monoisotopic (exact) mass is 443 g/mol. The Kier molecular flexibility index (Phi) is 6.71. The van der Waals surface area contributed by atoms with Crippen LogP contribution in [0.1, 0.15) is 25.8 Å². The number of hydrogen-bond donors (Lipinski definition) is 1. The van der Waals surface area contributed by atoms with Crippen molar-refractivity contribution in [2.75, 3.05) is 13.7 Å². The zero-order chi connectivity index (χ0) is 19.4. The van der Waals surface area contributed by atoms with Crippen LogP contribution in [0.2, 0.25) is 0 Å². The van der Waals surface area contributed by atoms with Crippen LogP contribution in [0.15, 0.2) is 21.5 Å². The Morgan fingerprint density at radius 3 is 2.73 bits per heavy atom. The molecule has 1 heterocycles. The number of carbonyl (C=O) groups is 3. The summed E-state index contributed by atoms with van der Waals surface area (Å²) in [6.07, 6.45) is 1.86. The van der Waals surface area contributed by atoms with Crippen LogP contribution in [0.5, 0.6) is 11.5 Å². The van der Waals surface area contributed by atoms with Gasteiger partial charge < -0.3 is 14.6 Å². The quantitative estimate of drug-likeness (QED) is 0.530. The van der Waals surface area contributed by atoms with Gasteiger partial charge in [0.2, 0.25) is 0 Å². The molecule has 1 N–H and O–H groups in total. The van der Waals surface area contributed by atoms with Gasteiger partial charge in [-0.3, -0.25) is 19.3 Å². The molecule has 0 aromatic heterocycles. The highest BCUT2D eigenvalue weighted by molar-refractivity contribution is 9.10. The molecule has 1 aromatic rings. The predicted molar refractivity (Wildman–Crippen MR) is 101 cm³/mol. The lowest BCUT2D eigenvalue weighted by Gasteiger charge is -2.14. The lowest BCUT2D eigenvalue weighted by molar-refractivity contribution is -0.150. The first kappa shape index (κ1) is 20.3. The van der Waals surface area contributed by atoms with Crippen molar-refractivity contribution in [2.24, 2.45) is 0 Å². The van der Waals surface area contributed by atoms with E-state index in [-0.39, 0.29) is 22.5 Å². The number of aromatic hydroxyl groups is 1. The lowest BCUT2D eigenvalue weighted by Crippen LogP contribution is -2.35. The molecule has 1 aliphatic rings. The second-order valence-corrected chi connectivity index (χ2v) is 7.37. The third kappa shape index (κ3) is 4.59. The molecule has 0 saturated carbocycles. The van der Waals surface area contributed by atoms with Gasteiger partial charge in [-0.1, -0.05) is 22.9 Å². The SMILES string of the molecule is CC[C@H](C)OC(=O)CN1C(=O)S/C(=C\c2cc(OC)c(O)cc2Br)C1=O. The molecule has 1 saturated heterocycles. The molecular weight excluding hydrogens is 426 g/mol. The number of amides is 2. The first-order valence-electron chi connectivity index (χ1n) is 7.78. The van der Waals surface area contributed by atoms with Crippen molar-refractivity contribution in [2.45, 2.75) is 26.4 Å². The van der Waals surface area contributed by atoms with Crippen LogP contribution in [0.4, 0.5) is 4.79 Å². The van der Waals surface area contributed by atoms with Crippen molar-refractivity contribution < 1.29 is 29.0 Å². The van der Waals surface area contributed by atoms with Crippen molar-refractivity contribution in [3.63, 3.8) is 0 Å². The second kappa shape index (κ2) is 8.59. The van der Waals surface area contributed by atoms with E-state index in [1.54, 1.807) is 6.92 Å². The van der Waals surface area contributed by atoms with E-state index in [0.29, 0.717) is 16.5 Å². The van der Waals surface area contributed by atoms with E-state index < -0.39 is 23.7 Å². The molecule has 7 nitrogen and oxygen atoms in total. The van der Waals surface area contributed by atoms with Gasteiger partial charge in [-0.05, 0) is 48.9 Å². The molecule has 140 valence electrons. The molecule has 1 aromatic carbocycles. The molecule has 2 amide bonds. The molecule has 0 bridgehead atoms. The van der Waals surface area contributed by atoms with Gasteiger partial charge in [0.15, 0.2) is 11.5 Å². The Labute approximate surface area is 163 Å². The average molecular weight is 444 g/mol. The van der Waals surface area contributed by atoms with Crippen LogP contribution in [0.25, 0.3) is 6.08 Å². The summed E-state index contributed by atoms with van der Waals surface area (Å²) >= 11 is 4.03. The zero-order valence-electron chi connectivity index (χ0n) is 14.4. The van der Waals surface area contributed by atoms with E-state index >= 15 is 0 Å². The van der Waals surface area contributed by atoms with Crippen molar-refractivity contribution in [3.05, 3.63) is 27.1 Å². The largest absolute Gasteiger partial charge is 0.504 e. The maximum absolute atomic E-state index is 12.5. The van der Waals surface area contributed by atoms with E-state index in [2.05, 4.69) is 15.9 Å². The summed E-state index contributed by atoms with van der Waals surface area (Å²) in [5, 5.41) is 9.20. The second-order valence-electron chi connectivity index (χ2n) is 5.52. The molecule has 1 atom stereocenters. The van der Waals surface area contributed by atoms with Crippen LogP contribution in [-0.4, -0.2) is 46.9 Å². The number of carbonyl (C=O) groups excluding carboxylic acids is 3. The Balaban J connectivity index is 2.20. The summed E-state index contributed by atoms with van der Waals surface area (Å²) in [4.78, 5) is 37.4. The van der Waals surface area contributed by atoms with Crippen LogP contribution in [0, 0.1) is 0 Å². The summed E-state index contributed by atoms with van der Waals surface area (Å²) in [5.74, 6) is -1.02. The molecule has 1 fully saturated rings. The fraction of sp³-hybridized carbons (Fsp3) is 0.353. The summed E-state index contributed by atoms with van der Waals surface area (Å²) in [7, 11) is 1.41. The molecule has 0 unspecified atom stereocenters. The van der Waals surface area contributed by atoms with Gasteiger partial charge in [0.25, 0.3) is 11.1 Å². The average Bonchev–Trinajstić information content (AvgIpc) is 2.84. The van der Waals surface area contributed by atoms with Gasteiger partial charge in [-0.15, -0.1) is 0 Å². The number of nitrogens with zero attached hydrogens (tertiary/aromatic N) is 1. The van der Waals surface area contributed by atoms with Crippen molar-refractivity contribution in [1.82, 2.24) is 4.90 Å². The standard InChI is InChI=1S/C17H18BrNO6S/c1-4-9(2)25-15(21)8-19-16(22)14(26-17(19)23)6-10-5-13(24-3)12(20)7-11(10)18/h5-7,9,20H,4,8H2,1-3H3/b14-6-/t9-/m0/s1. The summed E-state index contributed by atoms with van der Waals surface area (Å²) in [6.45, 7) is 3.18. The number of imide groups is 1. The van der Waals surface area contributed by atoms with Crippen LogP contribution in [-0.2, 0) is 14.3 Å². The number of benzene rings is 1. The van der Waals surface area contributed by atoms with Gasteiger partial charge in [0.05, 0.1) is 18.1 Å². The van der Waals surface area contributed by atoms with Crippen LogP contribution >= 0.6 is 27.7 Å². The van der Waals surface area contributed by atoms with Crippen LogP contribution in [0.3, 0.4) is 0 Å². The number of thioether (sulfide) groups is 1. The fourth-order valence-electron chi connectivity index (χ4n) is 2.08. The Bertz CT molecular complexity index is 779. The molecule has 0 spiro atoms. The van der Waals surface area contributed by atoms with Gasteiger partial charge in [-0.25, -0.2) is 0 Å². The van der Waals surface area contributed by atoms with Gasteiger partial charge in [-0.2, -0.15) is 0 Å². The minimum Gasteiger partial charge on any atom is -0.504 e. The van der Waals surface area contributed by atoms with Crippen molar-refractivity contribution >= 4 is 50.9 Å². The minimum absolute atomic E-state index is 0.0579. The minimum atomic E-state index is -0.629. The third-order valence-corrected chi connectivity index (χ3v) is 5.25. The highest BCUT2D eigenvalue weighted by Gasteiger charge is 2.37. The number of methoxy groups -OCH3 is 1. The first-order chi connectivity index (χ1) is 12.3. The normalized spacial score (nSPS) is 16.9. The summed E-state index contributed by atoms with van der Waals surface area (Å²) < 4.78 is 10.7.